The first-order valence-corrected chi connectivity index (χ1v) is 14.4. The molecule has 2 N–H and O–H groups in total. The Kier molecular flexibility index (Phi) is 7.08. The van der Waals surface area contributed by atoms with Gasteiger partial charge in [-0.2, -0.15) is 4.98 Å². The zero-order chi connectivity index (χ0) is 30.6. The number of anilines is 4. The predicted molar refractivity (Wildman–Crippen MR) is 166 cm³/mol. The standard InChI is InChI=1S/C32H36FN7O3/c1-18-8-7-9-24-27(18)40(31(42)43-32(2,3)4)26(16-34-24)22-12-20-15-35-30(37-28(20)39(6)29(22)41)36-25-14-21-17-38(5)11-10-19(21)13-23(25)33/h7-9,12-15,26,34H,10-11,16-17H2,1-6H3,(H,35,36,37). The van der Waals surface area contributed by atoms with E-state index in [2.05, 4.69) is 25.5 Å². The summed E-state index contributed by atoms with van der Waals surface area (Å²) in [6.07, 6.45) is 1.86. The summed E-state index contributed by atoms with van der Waals surface area (Å²) in [5, 5.41) is 6.99. The van der Waals surface area contributed by atoms with Gasteiger partial charge in [-0.05, 0) is 82.1 Å². The summed E-state index contributed by atoms with van der Waals surface area (Å²) in [4.78, 5) is 40.3. The fourth-order valence-corrected chi connectivity index (χ4v) is 5.86. The Morgan fingerprint density at radius 1 is 1.16 bits per heavy atom. The lowest BCUT2D eigenvalue weighted by Crippen LogP contribution is -2.46. The summed E-state index contributed by atoms with van der Waals surface area (Å²) in [5.41, 5.74) is 4.43. The first kappa shape index (κ1) is 28.6. The Bertz CT molecular complexity index is 1810. The maximum atomic E-state index is 15.0. The number of nitrogens with zero attached hydrogens (tertiary/aromatic N) is 5. The molecule has 11 heteroatoms. The molecule has 4 aromatic rings. The third-order valence-corrected chi connectivity index (χ3v) is 7.94. The minimum absolute atomic E-state index is 0.178. The number of aromatic nitrogens is 3. The molecule has 0 aliphatic carbocycles. The zero-order valence-electron chi connectivity index (χ0n) is 25.3. The minimum atomic E-state index is -0.728. The Morgan fingerprint density at radius 2 is 1.95 bits per heavy atom. The highest BCUT2D eigenvalue weighted by atomic mass is 19.1. The third-order valence-electron chi connectivity index (χ3n) is 7.94. The van der Waals surface area contributed by atoms with Gasteiger partial charge in [-0.1, -0.05) is 12.1 Å². The van der Waals surface area contributed by atoms with E-state index < -0.39 is 17.7 Å². The van der Waals surface area contributed by atoms with E-state index in [4.69, 9.17) is 4.74 Å². The molecule has 10 nitrogen and oxygen atoms in total. The van der Waals surface area contributed by atoms with E-state index in [1.807, 2.05) is 52.9 Å². The van der Waals surface area contributed by atoms with Gasteiger partial charge in [0.15, 0.2) is 0 Å². The SMILES string of the molecule is Cc1cccc2c1N(C(=O)OC(C)(C)C)C(c1cc3cnc(Nc4cc5c(cc4F)CCN(C)C5)nc3n(C)c1=O)CN2. The maximum absolute atomic E-state index is 15.0. The number of likely N-dealkylation sites (N-methyl/N-ethyl adjacent to an activating group) is 1. The number of para-hydroxylation sites is 1. The molecule has 0 radical (unpaired) electrons. The number of hydrogen-bond acceptors (Lipinski definition) is 8. The van der Waals surface area contributed by atoms with Crippen LogP contribution in [0.3, 0.4) is 0 Å². The lowest BCUT2D eigenvalue weighted by Gasteiger charge is -2.39. The quantitative estimate of drug-likeness (QED) is 0.329. The van der Waals surface area contributed by atoms with Crippen molar-refractivity contribution < 1.29 is 13.9 Å². The van der Waals surface area contributed by atoms with E-state index in [0.717, 1.165) is 41.9 Å². The van der Waals surface area contributed by atoms with Gasteiger partial charge in [0.2, 0.25) is 5.95 Å². The average Bonchev–Trinajstić information content (AvgIpc) is 2.94. The van der Waals surface area contributed by atoms with E-state index in [1.165, 1.54) is 4.57 Å². The number of pyridine rings is 1. The molecule has 0 bridgehead atoms. The summed E-state index contributed by atoms with van der Waals surface area (Å²) in [5.74, 6) is -0.198. The van der Waals surface area contributed by atoms with Crippen molar-refractivity contribution in [2.24, 2.45) is 7.05 Å². The van der Waals surface area contributed by atoms with E-state index in [1.54, 1.807) is 36.3 Å². The maximum Gasteiger partial charge on any atom is 0.415 e. The van der Waals surface area contributed by atoms with Crippen LogP contribution >= 0.6 is 0 Å². The molecule has 4 heterocycles. The Balaban J connectivity index is 1.38. The van der Waals surface area contributed by atoms with Crippen LogP contribution in [0.5, 0.6) is 0 Å². The van der Waals surface area contributed by atoms with Gasteiger partial charge in [0, 0.05) is 43.8 Å². The number of fused-ring (bicyclic) bond motifs is 3. The van der Waals surface area contributed by atoms with Gasteiger partial charge in [0.25, 0.3) is 5.56 Å². The molecule has 0 saturated heterocycles. The number of benzene rings is 2. The summed E-state index contributed by atoms with van der Waals surface area (Å²) in [6, 6.07) is 10.2. The van der Waals surface area contributed by atoms with Crippen LogP contribution < -0.4 is 21.1 Å². The monoisotopic (exact) mass is 585 g/mol. The van der Waals surface area contributed by atoms with Crippen LogP contribution in [-0.4, -0.2) is 51.3 Å². The molecule has 224 valence electrons. The van der Waals surface area contributed by atoms with Crippen LogP contribution in [0.25, 0.3) is 11.0 Å². The Hall–Kier alpha value is -4.51. The van der Waals surface area contributed by atoms with E-state index >= 15 is 0 Å². The second-order valence-electron chi connectivity index (χ2n) is 12.4. The first-order valence-electron chi connectivity index (χ1n) is 14.4. The third kappa shape index (κ3) is 5.40. The second-order valence-corrected chi connectivity index (χ2v) is 12.4. The molecular formula is C32H36FN7O3. The highest BCUT2D eigenvalue weighted by Gasteiger charge is 2.37. The topological polar surface area (TPSA) is 105 Å². The number of hydrogen-bond donors (Lipinski definition) is 2. The van der Waals surface area contributed by atoms with E-state index in [0.29, 0.717) is 28.8 Å². The fraction of sp³-hybridized carbons (Fsp3) is 0.375. The lowest BCUT2D eigenvalue weighted by molar-refractivity contribution is 0.0564. The Labute approximate surface area is 249 Å². The molecule has 1 amide bonds. The first-order chi connectivity index (χ1) is 20.4. The van der Waals surface area contributed by atoms with Crippen molar-refractivity contribution in [3.63, 3.8) is 0 Å². The van der Waals surface area contributed by atoms with Gasteiger partial charge in [0.1, 0.15) is 17.1 Å². The van der Waals surface area contributed by atoms with Crippen molar-refractivity contribution in [3.05, 3.63) is 81.0 Å². The highest BCUT2D eigenvalue weighted by Crippen LogP contribution is 2.40. The number of ether oxygens (including phenoxy) is 1. The average molecular weight is 586 g/mol. The smallest absolute Gasteiger partial charge is 0.415 e. The van der Waals surface area contributed by atoms with Crippen molar-refractivity contribution in [1.82, 2.24) is 19.4 Å². The number of amides is 1. The molecule has 2 aliphatic rings. The summed E-state index contributed by atoms with van der Waals surface area (Å²) < 4.78 is 22.2. The largest absolute Gasteiger partial charge is 0.443 e. The summed E-state index contributed by atoms with van der Waals surface area (Å²) in [6.45, 7) is 9.30. The molecular weight excluding hydrogens is 549 g/mol. The van der Waals surface area contributed by atoms with Crippen molar-refractivity contribution in [1.29, 1.82) is 0 Å². The zero-order valence-corrected chi connectivity index (χ0v) is 25.3. The minimum Gasteiger partial charge on any atom is -0.443 e. The molecule has 1 atom stereocenters. The fourth-order valence-electron chi connectivity index (χ4n) is 5.86. The normalized spacial score (nSPS) is 16.8. The molecule has 2 aliphatic heterocycles. The van der Waals surface area contributed by atoms with Crippen molar-refractivity contribution in [3.8, 4) is 0 Å². The second kappa shape index (κ2) is 10.6. The molecule has 0 saturated carbocycles. The van der Waals surface area contributed by atoms with Crippen molar-refractivity contribution in [2.45, 2.75) is 52.3 Å². The van der Waals surface area contributed by atoms with E-state index in [-0.39, 0.29) is 23.0 Å². The van der Waals surface area contributed by atoms with Crippen molar-refractivity contribution in [2.75, 3.05) is 35.7 Å². The van der Waals surface area contributed by atoms with Crippen molar-refractivity contribution >= 4 is 40.1 Å². The van der Waals surface area contributed by atoms with Crippen LogP contribution in [0.1, 0.15) is 49.1 Å². The van der Waals surface area contributed by atoms with Crippen LogP contribution in [0.15, 0.2) is 47.4 Å². The van der Waals surface area contributed by atoms with Gasteiger partial charge >= 0.3 is 6.09 Å². The Morgan fingerprint density at radius 3 is 2.72 bits per heavy atom. The molecule has 43 heavy (non-hydrogen) atoms. The number of nitrogens with one attached hydrogen (secondary N) is 2. The number of carbonyl (C=O) groups is 1. The van der Waals surface area contributed by atoms with Crippen LogP contribution in [0, 0.1) is 12.7 Å². The number of aryl methyl sites for hydroxylation is 2. The molecule has 6 rings (SSSR count). The van der Waals surface area contributed by atoms with Gasteiger partial charge in [-0.15, -0.1) is 0 Å². The lowest BCUT2D eigenvalue weighted by atomic mass is 9.99. The van der Waals surface area contributed by atoms with Crippen LogP contribution in [-0.2, 0) is 24.8 Å². The van der Waals surface area contributed by atoms with Gasteiger partial charge in [-0.25, -0.2) is 14.2 Å². The number of halogens is 1. The number of carbonyl (C=O) groups excluding carboxylic acids is 1. The summed E-state index contributed by atoms with van der Waals surface area (Å²) in [7, 11) is 3.67. The molecule has 0 fully saturated rings. The van der Waals surface area contributed by atoms with Crippen LogP contribution in [0.2, 0.25) is 0 Å². The molecule has 2 aromatic heterocycles. The number of rotatable bonds is 3. The van der Waals surface area contributed by atoms with E-state index in [9.17, 15) is 14.0 Å². The van der Waals surface area contributed by atoms with Gasteiger partial charge in [0.05, 0.1) is 23.1 Å². The summed E-state index contributed by atoms with van der Waals surface area (Å²) >= 11 is 0. The molecule has 2 aromatic carbocycles. The molecule has 1 unspecified atom stereocenters. The van der Waals surface area contributed by atoms with Crippen LogP contribution in [0.4, 0.5) is 32.2 Å². The predicted octanol–water partition coefficient (Wildman–Crippen LogP) is 5.42. The van der Waals surface area contributed by atoms with Gasteiger partial charge < -0.3 is 20.3 Å². The highest BCUT2D eigenvalue weighted by molar-refractivity contribution is 5.96. The van der Waals surface area contributed by atoms with Gasteiger partial charge in [-0.3, -0.25) is 14.3 Å². The molecule has 0 spiro atoms.